The van der Waals surface area contributed by atoms with E-state index in [0.29, 0.717) is 43.4 Å². The fraction of sp³-hybridized carbons (Fsp3) is 0.370. The van der Waals surface area contributed by atoms with Gasteiger partial charge in [0.05, 0.1) is 37.1 Å². The second-order valence-electron chi connectivity index (χ2n) is 9.57. The zero-order valence-electron chi connectivity index (χ0n) is 20.8. The third-order valence-corrected chi connectivity index (χ3v) is 6.88. The molecule has 2 aromatic carbocycles. The van der Waals surface area contributed by atoms with E-state index in [1.165, 1.54) is 23.2 Å². The predicted molar refractivity (Wildman–Crippen MR) is 134 cm³/mol. The van der Waals surface area contributed by atoms with Crippen molar-refractivity contribution in [3.05, 3.63) is 71.8 Å². The minimum atomic E-state index is -0.916. The molecule has 0 radical (unpaired) electrons. The average molecular weight is 509 g/mol. The Morgan fingerprint density at radius 1 is 1.24 bits per heavy atom. The Bertz CT molecular complexity index is 1300. The molecular formula is C27H29FN4O5. The Labute approximate surface area is 214 Å². The number of nitrogens with zero attached hydrogens (tertiary/aromatic N) is 3. The van der Waals surface area contributed by atoms with Gasteiger partial charge in [0.1, 0.15) is 30.0 Å². The summed E-state index contributed by atoms with van der Waals surface area (Å²) in [5.74, 6) is 0.505. The summed E-state index contributed by atoms with van der Waals surface area (Å²) < 4.78 is 31.8. The van der Waals surface area contributed by atoms with Gasteiger partial charge in [0.15, 0.2) is 0 Å². The summed E-state index contributed by atoms with van der Waals surface area (Å²) >= 11 is 0. The highest BCUT2D eigenvalue weighted by molar-refractivity contribution is 6.00. The number of carbonyl (C=O) groups is 2. The molecular weight excluding hydrogens is 479 g/mol. The van der Waals surface area contributed by atoms with Crippen LogP contribution in [-0.2, 0) is 16.0 Å². The van der Waals surface area contributed by atoms with Crippen LogP contribution in [0.3, 0.4) is 0 Å². The normalized spacial score (nSPS) is 18.3. The molecule has 3 heterocycles. The largest absolute Gasteiger partial charge is 0.493 e. The summed E-state index contributed by atoms with van der Waals surface area (Å²) in [5, 5.41) is 6.80. The van der Waals surface area contributed by atoms with Crippen molar-refractivity contribution in [1.82, 2.24) is 15.1 Å². The summed E-state index contributed by atoms with van der Waals surface area (Å²) in [5.41, 5.74) is 2.09. The van der Waals surface area contributed by atoms with Crippen LogP contribution >= 0.6 is 0 Å². The summed E-state index contributed by atoms with van der Waals surface area (Å²) in [7, 11) is 1.64. The van der Waals surface area contributed by atoms with Gasteiger partial charge in [-0.2, -0.15) is 9.78 Å². The van der Waals surface area contributed by atoms with E-state index in [0.717, 1.165) is 22.2 Å². The Morgan fingerprint density at radius 3 is 2.81 bits per heavy atom. The SMILES string of the molecule is CCC1(COc2ccc3c(c2)N(C)C(=O)[C@@H](NC(=O)n2cc(Cc4cccc(F)c4)cn2)CO3)COC1. The van der Waals surface area contributed by atoms with Crippen LogP contribution in [0.25, 0.3) is 0 Å². The summed E-state index contributed by atoms with van der Waals surface area (Å²) in [6.07, 6.45) is 4.48. The molecule has 1 aromatic heterocycles. The fourth-order valence-corrected chi connectivity index (χ4v) is 4.35. The first kappa shape index (κ1) is 24.8. The minimum absolute atomic E-state index is 0.0318. The molecule has 1 N–H and O–H groups in total. The highest BCUT2D eigenvalue weighted by Crippen LogP contribution is 2.36. The summed E-state index contributed by atoms with van der Waals surface area (Å²) in [6, 6.07) is 10.1. The maximum atomic E-state index is 13.5. The number of benzene rings is 2. The molecule has 5 rings (SSSR count). The van der Waals surface area contributed by atoms with Crippen molar-refractivity contribution in [3.8, 4) is 11.5 Å². The number of likely N-dealkylation sites (N-methyl/N-ethyl adjacent to an activating group) is 1. The minimum Gasteiger partial charge on any atom is -0.493 e. The Balaban J connectivity index is 1.23. The van der Waals surface area contributed by atoms with Crippen LogP contribution in [0.2, 0.25) is 0 Å². The number of hydrogen-bond donors (Lipinski definition) is 1. The molecule has 0 unspecified atom stereocenters. The van der Waals surface area contributed by atoms with Gasteiger partial charge in [0, 0.05) is 25.7 Å². The van der Waals surface area contributed by atoms with Gasteiger partial charge in [-0.15, -0.1) is 0 Å². The van der Waals surface area contributed by atoms with Crippen molar-refractivity contribution < 1.29 is 28.2 Å². The Hall–Kier alpha value is -3.92. The van der Waals surface area contributed by atoms with Crippen LogP contribution < -0.4 is 19.7 Å². The molecule has 3 aromatic rings. The number of fused-ring (bicyclic) bond motifs is 1. The van der Waals surface area contributed by atoms with Gasteiger partial charge < -0.3 is 24.4 Å². The first-order chi connectivity index (χ1) is 17.9. The third-order valence-electron chi connectivity index (χ3n) is 6.88. The van der Waals surface area contributed by atoms with E-state index in [1.807, 2.05) is 6.07 Å². The van der Waals surface area contributed by atoms with E-state index in [2.05, 4.69) is 17.3 Å². The van der Waals surface area contributed by atoms with Gasteiger partial charge >= 0.3 is 6.03 Å². The van der Waals surface area contributed by atoms with Crippen molar-refractivity contribution in [2.75, 3.05) is 38.4 Å². The molecule has 2 amide bonds. The Kier molecular flexibility index (Phi) is 6.84. The highest BCUT2D eigenvalue weighted by atomic mass is 19.1. The van der Waals surface area contributed by atoms with Crippen LogP contribution in [0.1, 0.15) is 24.5 Å². The molecule has 1 atom stereocenters. The number of ether oxygens (including phenoxy) is 3. The van der Waals surface area contributed by atoms with Crippen molar-refractivity contribution in [3.63, 3.8) is 0 Å². The number of amides is 2. The number of anilines is 1. The van der Waals surface area contributed by atoms with Gasteiger partial charge in [-0.1, -0.05) is 19.1 Å². The lowest BCUT2D eigenvalue weighted by atomic mass is 9.84. The second kappa shape index (κ2) is 10.2. The molecule has 1 fully saturated rings. The van der Waals surface area contributed by atoms with E-state index in [1.54, 1.807) is 37.5 Å². The lowest BCUT2D eigenvalue weighted by Gasteiger charge is -2.40. The topological polar surface area (TPSA) is 94.9 Å². The standard InChI is InChI=1S/C27H29FN4O5/c1-3-27(15-35-16-27)17-37-21-7-8-24-23(11-21)31(2)25(33)22(14-36-24)30-26(34)32-13-19(12-29-32)9-18-5-4-6-20(28)10-18/h4-8,10-13,22H,3,9,14-17H2,1-2H3,(H,30,34)/t22-/m0/s1. The van der Waals surface area contributed by atoms with Gasteiger partial charge in [-0.25, -0.2) is 9.18 Å². The van der Waals surface area contributed by atoms with Crippen molar-refractivity contribution in [1.29, 1.82) is 0 Å². The maximum Gasteiger partial charge on any atom is 0.342 e. The molecule has 9 nitrogen and oxygen atoms in total. The number of rotatable bonds is 7. The maximum absolute atomic E-state index is 13.5. The van der Waals surface area contributed by atoms with E-state index < -0.39 is 12.1 Å². The van der Waals surface area contributed by atoms with Gasteiger partial charge in [0.2, 0.25) is 0 Å². The lowest BCUT2D eigenvalue weighted by molar-refractivity contribution is -0.133. The monoisotopic (exact) mass is 508 g/mol. The van der Waals surface area contributed by atoms with E-state index in [-0.39, 0.29) is 23.7 Å². The average Bonchev–Trinajstić information content (AvgIpc) is 3.30. The van der Waals surface area contributed by atoms with Crippen molar-refractivity contribution >= 4 is 17.6 Å². The molecule has 1 saturated heterocycles. The van der Waals surface area contributed by atoms with Crippen molar-refractivity contribution in [2.45, 2.75) is 25.8 Å². The van der Waals surface area contributed by atoms with Crippen molar-refractivity contribution in [2.24, 2.45) is 5.41 Å². The second-order valence-corrected chi connectivity index (χ2v) is 9.57. The predicted octanol–water partition coefficient (Wildman–Crippen LogP) is 3.40. The number of carbonyl (C=O) groups excluding carboxylic acids is 2. The number of aromatic nitrogens is 2. The third kappa shape index (κ3) is 5.29. The lowest BCUT2D eigenvalue weighted by Crippen LogP contribution is -2.50. The van der Waals surface area contributed by atoms with Gasteiger partial charge in [-0.05, 0) is 41.8 Å². The molecule has 194 valence electrons. The number of nitrogens with one attached hydrogen (secondary N) is 1. The quantitative estimate of drug-likeness (QED) is 0.526. The van der Waals surface area contributed by atoms with Crippen LogP contribution in [0.4, 0.5) is 14.9 Å². The molecule has 0 bridgehead atoms. The van der Waals surface area contributed by atoms with E-state index >= 15 is 0 Å². The van der Waals surface area contributed by atoms with Crippen LogP contribution in [-0.4, -0.2) is 61.2 Å². The molecule has 2 aliphatic heterocycles. The first-order valence-corrected chi connectivity index (χ1v) is 12.2. The number of hydrogen-bond acceptors (Lipinski definition) is 6. The molecule has 10 heteroatoms. The van der Waals surface area contributed by atoms with Crippen LogP contribution in [0.5, 0.6) is 11.5 Å². The summed E-state index contributed by atoms with van der Waals surface area (Å²) in [6.45, 7) is 3.98. The highest BCUT2D eigenvalue weighted by Gasteiger charge is 2.38. The molecule has 0 saturated carbocycles. The van der Waals surface area contributed by atoms with E-state index in [4.69, 9.17) is 14.2 Å². The molecule has 0 aliphatic carbocycles. The fourth-order valence-electron chi connectivity index (χ4n) is 4.35. The molecule has 37 heavy (non-hydrogen) atoms. The van der Waals surface area contributed by atoms with Gasteiger partial charge in [0.25, 0.3) is 5.91 Å². The van der Waals surface area contributed by atoms with Crippen LogP contribution in [0.15, 0.2) is 54.9 Å². The van der Waals surface area contributed by atoms with Crippen LogP contribution in [0, 0.1) is 11.2 Å². The zero-order chi connectivity index (χ0) is 26.0. The summed E-state index contributed by atoms with van der Waals surface area (Å²) in [4.78, 5) is 27.5. The zero-order valence-corrected chi connectivity index (χ0v) is 20.8. The Morgan fingerprint density at radius 2 is 2.08 bits per heavy atom. The molecule has 0 spiro atoms. The van der Waals surface area contributed by atoms with E-state index in [9.17, 15) is 14.0 Å². The first-order valence-electron chi connectivity index (χ1n) is 12.2. The number of halogens is 1. The smallest absolute Gasteiger partial charge is 0.342 e. The molecule has 2 aliphatic rings. The van der Waals surface area contributed by atoms with Gasteiger partial charge in [-0.3, -0.25) is 4.79 Å².